The molecule has 0 spiro atoms. The lowest BCUT2D eigenvalue weighted by atomic mass is 9.86. The summed E-state index contributed by atoms with van der Waals surface area (Å²) < 4.78 is 5.33. The minimum atomic E-state index is -0.385. The zero-order chi connectivity index (χ0) is 26.5. The number of fused-ring (bicyclic) bond motifs is 2. The molecule has 0 saturated heterocycles. The molecule has 7 nitrogen and oxygen atoms in total. The average molecular weight is 527 g/mol. The molecule has 0 bridgehead atoms. The van der Waals surface area contributed by atoms with Gasteiger partial charge in [0.2, 0.25) is 5.91 Å². The maximum Gasteiger partial charge on any atom is 0.221 e. The van der Waals surface area contributed by atoms with Gasteiger partial charge in [0.05, 0.1) is 24.2 Å². The monoisotopic (exact) mass is 526 g/mol. The van der Waals surface area contributed by atoms with Crippen molar-refractivity contribution in [2.75, 3.05) is 19.1 Å². The Morgan fingerprint density at radius 1 is 1.08 bits per heavy atom. The van der Waals surface area contributed by atoms with Gasteiger partial charge in [-0.3, -0.25) is 9.78 Å². The van der Waals surface area contributed by atoms with E-state index in [2.05, 4.69) is 15.3 Å². The number of methoxy groups -OCH3 is 1. The number of nitrogens with one attached hydrogen (secondary N) is 2. The van der Waals surface area contributed by atoms with Crippen molar-refractivity contribution in [2.45, 2.75) is 24.8 Å². The second-order valence-electron chi connectivity index (χ2n) is 9.15. The fourth-order valence-electron chi connectivity index (χ4n) is 4.76. The van der Waals surface area contributed by atoms with E-state index in [0.717, 1.165) is 45.7 Å². The number of phenols is 1. The quantitative estimate of drug-likeness (QED) is 0.208. The van der Waals surface area contributed by atoms with Gasteiger partial charge < -0.3 is 20.1 Å². The molecule has 3 N–H and O–H groups in total. The van der Waals surface area contributed by atoms with Crippen LogP contribution in [0.1, 0.15) is 41.8 Å². The molecule has 0 radical (unpaired) electrons. The van der Waals surface area contributed by atoms with E-state index in [1.165, 1.54) is 0 Å². The topological polar surface area (TPSA) is 100 Å². The van der Waals surface area contributed by atoms with Crippen LogP contribution in [0.5, 0.6) is 11.5 Å². The number of aromatic nitrogens is 3. The lowest BCUT2D eigenvalue weighted by molar-refractivity contribution is -0.122. The lowest BCUT2D eigenvalue weighted by Crippen LogP contribution is -2.31. The number of amides is 1. The maximum absolute atomic E-state index is 13.6. The number of H-pyrrole nitrogens is 1. The second kappa shape index (κ2) is 11.6. The number of thioether (sulfide) groups is 1. The van der Waals surface area contributed by atoms with Crippen LogP contribution >= 0.6 is 11.8 Å². The number of rotatable bonds is 10. The molecule has 0 fully saturated rings. The Hall–Kier alpha value is -4.04. The van der Waals surface area contributed by atoms with Crippen molar-refractivity contribution in [3.8, 4) is 11.5 Å². The molecule has 194 valence electrons. The third-order valence-electron chi connectivity index (χ3n) is 6.75. The molecule has 5 aromatic rings. The van der Waals surface area contributed by atoms with Crippen LogP contribution in [0.15, 0.2) is 79.0 Å². The lowest BCUT2D eigenvalue weighted by Gasteiger charge is -2.22. The van der Waals surface area contributed by atoms with Crippen molar-refractivity contribution in [3.05, 3.63) is 95.9 Å². The molecule has 3 aromatic carbocycles. The Bertz CT molecular complexity index is 1520. The number of carbonyl (C=O) groups is 1. The number of hydrogen-bond donors (Lipinski definition) is 3. The van der Waals surface area contributed by atoms with Gasteiger partial charge in [-0.25, -0.2) is 4.98 Å². The van der Waals surface area contributed by atoms with Crippen LogP contribution in [-0.4, -0.2) is 45.1 Å². The number of phenolic OH excluding ortho intramolecular Hbond substituents is 1. The maximum atomic E-state index is 13.6. The number of nitrogens with zero attached hydrogens (tertiary/aromatic N) is 2. The number of carbonyl (C=O) groups excluding carboxylic acids is 1. The van der Waals surface area contributed by atoms with Crippen molar-refractivity contribution in [1.29, 1.82) is 0 Å². The highest BCUT2D eigenvalue weighted by atomic mass is 32.2. The average Bonchev–Trinajstić information content (AvgIpc) is 3.39. The molecule has 2 aromatic heterocycles. The molecular formula is C30H30N4O3S. The van der Waals surface area contributed by atoms with Crippen LogP contribution in [0.3, 0.4) is 0 Å². The normalized spacial score (nSPS) is 12.9. The van der Waals surface area contributed by atoms with Gasteiger partial charge in [-0.05, 0) is 54.3 Å². The fourth-order valence-corrected chi connectivity index (χ4v) is 5.23. The summed E-state index contributed by atoms with van der Waals surface area (Å²) in [6.45, 7) is 0. The Labute approximate surface area is 225 Å². The number of benzene rings is 3. The van der Waals surface area contributed by atoms with Crippen LogP contribution in [0.4, 0.5) is 0 Å². The minimum Gasteiger partial charge on any atom is -0.505 e. The largest absolute Gasteiger partial charge is 0.505 e. The number of hydrogen-bond acceptors (Lipinski definition) is 6. The molecule has 0 aliphatic rings. The first kappa shape index (κ1) is 25.6. The van der Waals surface area contributed by atoms with E-state index < -0.39 is 0 Å². The summed E-state index contributed by atoms with van der Waals surface area (Å²) in [5, 5.41) is 15.3. The molecule has 2 atom stereocenters. The molecule has 2 heterocycles. The van der Waals surface area contributed by atoms with Crippen molar-refractivity contribution < 1.29 is 14.6 Å². The second-order valence-corrected chi connectivity index (χ2v) is 10.1. The smallest absolute Gasteiger partial charge is 0.221 e. The number of para-hydroxylation sites is 2. The first-order chi connectivity index (χ1) is 18.6. The van der Waals surface area contributed by atoms with Crippen LogP contribution < -0.4 is 10.1 Å². The highest BCUT2D eigenvalue weighted by molar-refractivity contribution is 7.98. The summed E-state index contributed by atoms with van der Waals surface area (Å²) in [6.07, 6.45) is 4.59. The predicted octanol–water partition coefficient (Wildman–Crippen LogP) is 5.96. The number of aromatic amines is 1. The van der Waals surface area contributed by atoms with Crippen LogP contribution in [-0.2, 0) is 4.79 Å². The summed E-state index contributed by atoms with van der Waals surface area (Å²) in [5.41, 5.74) is 3.88. The van der Waals surface area contributed by atoms with Gasteiger partial charge in [0.15, 0.2) is 0 Å². The van der Waals surface area contributed by atoms with Gasteiger partial charge in [0.25, 0.3) is 0 Å². The van der Waals surface area contributed by atoms with E-state index in [9.17, 15) is 9.90 Å². The van der Waals surface area contributed by atoms with E-state index in [1.54, 1.807) is 25.1 Å². The van der Waals surface area contributed by atoms with E-state index in [4.69, 9.17) is 9.72 Å². The highest BCUT2D eigenvalue weighted by Crippen LogP contribution is 2.38. The summed E-state index contributed by atoms with van der Waals surface area (Å²) in [6, 6.07) is 22.8. The summed E-state index contributed by atoms with van der Waals surface area (Å²) in [4.78, 5) is 26.1. The number of pyridine rings is 1. The standard InChI is InChI=1S/C30H30N4O3S/c1-37-21-12-9-19(10-13-21)23(22-14-11-20-6-5-16-31-28(20)29(22)36)18-27(35)32-26(15-17-38-2)30-33-24-7-3-4-8-25(24)34-30/h3-14,16,23,26,36H,15,17-18H2,1-2H3,(H,32,35)(H,33,34). The fraction of sp³-hybridized carbons (Fsp3) is 0.233. The molecule has 1 amide bonds. The van der Waals surface area contributed by atoms with Gasteiger partial charge in [0, 0.05) is 29.5 Å². The molecular weight excluding hydrogens is 496 g/mol. The Morgan fingerprint density at radius 2 is 1.89 bits per heavy atom. The van der Waals surface area contributed by atoms with Gasteiger partial charge in [-0.15, -0.1) is 0 Å². The molecule has 2 unspecified atom stereocenters. The van der Waals surface area contributed by atoms with Crippen molar-refractivity contribution in [2.24, 2.45) is 0 Å². The summed E-state index contributed by atoms with van der Waals surface area (Å²) in [7, 11) is 1.62. The molecule has 8 heteroatoms. The number of imidazole rings is 1. The SMILES string of the molecule is COc1ccc(C(CC(=O)NC(CCSC)c2nc3ccccc3[nH]2)c2ccc3cccnc3c2O)cc1. The van der Waals surface area contributed by atoms with Crippen molar-refractivity contribution >= 4 is 39.6 Å². The molecule has 5 rings (SSSR count). The zero-order valence-corrected chi connectivity index (χ0v) is 22.2. The van der Waals surface area contributed by atoms with E-state index in [0.29, 0.717) is 11.1 Å². The summed E-state index contributed by atoms with van der Waals surface area (Å²) in [5.74, 6) is 1.92. The Balaban J connectivity index is 1.46. The van der Waals surface area contributed by atoms with Gasteiger partial charge in [0.1, 0.15) is 22.8 Å². The van der Waals surface area contributed by atoms with Gasteiger partial charge >= 0.3 is 0 Å². The molecule has 0 saturated carbocycles. The molecule has 0 aliphatic carbocycles. The molecule has 0 aliphatic heterocycles. The van der Waals surface area contributed by atoms with Crippen LogP contribution in [0, 0.1) is 0 Å². The van der Waals surface area contributed by atoms with E-state index >= 15 is 0 Å². The van der Waals surface area contributed by atoms with Crippen LogP contribution in [0.25, 0.3) is 21.9 Å². The minimum absolute atomic E-state index is 0.0907. The molecule has 38 heavy (non-hydrogen) atoms. The van der Waals surface area contributed by atoms with E-state index in [-0.39, 0.29) is 30.0 Å². The first-order valence-corrected chi connectivity index (χ1v) is 13.9. The van der Waals surface area contributed by atoms with Crippen LogP contribution in [0.2, 0.25) is 0 Å². The Kier molecular flexibility index (Phi) is 7.79. The first-order valence-electron chi connectivity index (χ1n) is 12.5. The van der Waals surface area contributed by atoms with E-state index in [1.807, 2.05) is 79.1 Å². The third-order valence-corrected chi connectivity index (χ3v) is 7.39. The van der Waals surface area contributed by atoms with Gasteiger partial charge in [-0.1, -0.05) is 42.5 Å². The zero-order valence-electron chi connectivity index (χ0n) is 21.3. The predicted molar refractivity (Wildman–Crippen MR) is 153 cm³/mol. The highest BCUT2D eigenvalue weighted by Gasteiger charge is 2.25. The Morgan fingerprint density at radius 3 is 2.66 bits per heavy atom. The summed E-state index contributed by atoms with van der Waals surface area (Å²) >= 11 is 1.73. The van der Waals surface area contributed by atoms with Gasteiger partial charge in [-0.2, -0.15) is 11.8 Å². The number of ether oxygens (including phenoxy) is 1. The third kappa shape index (κ3) is 5.45. The van der Waals surface area contributed by atoms with Crippen molar-refractivity contribution in [3.63, 3.8) is 0 Å². The van der Waals surface area contributed by atoms with Crippen molar-refractivity contribution in [1.82, 2.24) is 20.3 Å². The number of aromatic hydroxyl groups is 1.